The van der Waals surface area contributed by atoms with Crippen molar-refractivity contribution in [2.45, 2.75) is 19.9 Å². The first-order valence-corrected chi connectivity index (χ1v) is 9.27. The lowest BCUT2D eigenvalue weighted by atomic mass is 10.1. The zero-order valence-corrected chi connectivity index (χ0v) is 18.4. The summed E-state index contributed by atoms with van der Waals surface area (Å²) in [6.07, 6.45) is 0. The van der Waals surface area contributed by atoms with Crippen molar-refractivity contribution >= 4 is 42.3 Å². The molecule has 0 heterocycles. The molecule has 0 radical (unpaired) electrons. The van der Waals surface area contributed by atoms with Crippen LogP contribution < -0.4 is 16.4 Å². The van der Waals surface area contributed by atoms with Crippen molar-refractivity contribution in [2.24, 2.45) is 5.73 Å². The second kappa shape index (κ2) is 14.0. The van der Waals surface area contributed by atoms with E-state index in [0.717, 1.165) is 25.2 Å². The third-order valence-corrected chi connectivity index (χ3v) is 4.44. The highest BCUT2D eigenvalue weighted by molar-refractivity contribution is 5.98. The van der Waals surface area contributed by atoms with Crippen molar-refractivity contribution in [3.63, 3.8) is 0 Å². The Hall–Kier alpha value is -2.12. The minimum Gasteiger partial charge on any atom is -0.351 e. The highest BCUT2D eigenvalue weighted by Crippen LogP contribution is 2.15. The van der Waals surface area contributed by atoms with Gasteiger partial charge in [0.2, 0.25) is 5.91 Å². The van der Waals surface area contributed by atoms with Crippen LogP contribution in [0.25, 0.3) is 0 Å². The summed E-state index contributed by atoms with van der Waals surface area (Å²) in [6, 6.07) is 15.3. The summed E-state index contributed by atoms with van der Waals surface area (Å²) in [4.78, 5) is 26.9. The molecule has 0 spiro atoms. The summed E-state index contributed by atoms with van der Waals surface area (Å²) in [5.74, 6) is -0.481. The van der Waals surface area contributed by atoms with Crippen LogP contribution >= 0.6 is 24.8 Å². The first kappa shape index (κ1) is 26.9. The molecular weight excluding hydrogens is 411 g/mol. The molecule has 0 saturated carbocycles. The second-order valence-electron chi connectivity index (χ2n) is 6.24. The minimum atomic E-state index is -0.766. The molecule has 2 rings (SSSR count). The number of halogens is 2. The molecule has 1 unspecified atom stereocenters. The summed E-state index contributed by atoms with van der Waals surface area (Å²) in [5.41, 5.74) is 7.79. The zero-order valence-electron chi connectivity index (χ0n) is 16.8. The van der Waals surface area contributed by atoms with Crippen LogP contribution in [0.5, 0.6) is 0 Å². The van der Waals surface area contributed by atoms with E-state index in [1.807, 2.05) is 30.3 Å². The number of likely N-dealkylation sites (N-methyl/N-ethyl adjacent to an activating group) is 1. The van der Waals surface area contributed by atoms with Gasteiger partial charge in [-0.25, -0.2) is 0 Å². The molecule has 0 aliphatic rings. The van der Waals surface area contributed by atoms with E-state index in [-0.39, 0.29) is 36.6 Å². The number of nitrogens with zero attached hydrogens (tertiary/aromatic N) is 1. The van der Waals surface area contributed by atoms with Gasteiger partial charge in [0.15, 0.2) is 0 Å². The normalized spacial score (nSPS) is 11.0. The van der Waals surface area contributed by atoms with Crippen LogP contribution in [0.2, 0.25) is 0 Å². The van der Waals surface area contributed by atoms with Gasteiger partial charge in [-0.3, -0.25) is 9.59 Å². The Balaban J connectivity index is 0.00000392. The number of rotatable bonds is 9. The van der Waals surface area contributed by atoms with Gasteiger partial charge in [-0.05, 0) is 36.9 Å². The van der Waals surface area contributed by atoms with Gasteiger partial charge in [0, 0.05) is 24.3 Å². The number of carbonyl (C=O) groups excluding carboxylic acids is 2. The van der Waals surface area contributed by atoms with Gasteiger partial charge in [0.1, 0.15) is 6.04 Å². The second-order valence-corrected chi connectivity index (χ2v) is 6.24. The number of hydrogen-bond donors (Lipinski definition) is 3. The van der Waals surface area contributed by atoms with Gasteiger partial charge in [-0.15, -0.1) is 24.8 Å². The summed E-state index contributed by atoms with van der Waals surface area (Å²) < 4.78 is 0. The largest absolute Gasteiger partial charge is 0.351 e. The van der Waals surface area contributed by atoms with Gasteiger partial charge in [0.05, 0.1) is 0 Å². The highest BCUT2D eigenvalue weighted by Gasteiger charge is 2.16. The zero-order chi connectivity index (χ0) is 19.6. The Morgan fingerprint density at radius 2 is 1.66 bits per heavy atom. The molecule has 0 aliphatic carbocycles. The Bertz CT molecular complexity index is 755. The molecule has 2 amide bonds. The smallest absolute Gasteiger partial charge is 0.251 e. The van der Waals surface area contributed by atoms with E-state index in [1.165, 1.54) is 0 Å². The standard InChI is InChI=1S/C21H28N4O2.2ClH/c1-3-25(4-2)14-13-23-20(26)17-11-8-12-18(15-17)24-21(27)19(22)16-9-6-5-7-10-16;;/h5-12,15,19H,3-4,13-14,22H2,1-2H3,(H,23,26)(H,24,27);2*1H. The molecule has 0 bridgehead atoms. The van der Waals surface area contributed by atoms with Crippen molar-refractivity contribution in [3.05, 3.63) is 65.7 Å². The van der Waals surface area contributed by atoms with Gasteiger partial charge in [0.25, 0.3) is 5.91 Å². The van der Waals surface area contributed by atoms with E-state index in [2.05, 4.69) is 29.4 Å². The van der Waals surface area contributed by atoms with Gasteiger partial charge in [-0.1, -0.05) is 50.2 Å². The molecule has 2 aromatic carbocycles. The Morgan fingerprint density at radius 3 is 2.28 bits per heavy atom. The predicted octanol–water partition coefficient (Wildman–Crippen LogP) is 3.24. The van der Waals surface area contributed by atoms with Crippen molar-refractivity contribution in [1.82, 2.24) is 10.2 Å². The third-order valence-electron chi connectivity index (χ3n) is 4.44. The molecule has 8 heteroatoms. The fourth-order valence-electron chi connectivity index (χ4n) is 2.74. The van der Waals surface area contributed by atoms with Crippen LogP contribution in [0.1, 0.15) is 35.8 Å². The lowest BCUT2D eigenvalue weighted by Crippen LogP contribution is -2.34. The molecule has 0 saturated heterocycles. The molecule has 1 atom stereocenters. The highest BCUT2D eigenvalue weighted by atomic mass is 35.5. The van der Waals surface area contributed by atoms with Gasteiger partial charge >= 0.3 is 0 Å². The molecule has 0 aliphatic heterocycles. The van der Waals surface area contributed by atoms with Crippen LogP contribution in [0.15, 0.2) is 54.6 Å². The fourth-order valence-corrected chi connectivity index (χ4v) is 2.74. The summed E-state index contributed by atoms with van der Waals surface area (Å²) in [5, 5.41) is 5.69. The minimum absolute atomic E-state index is 0. The number of nitrogens with two attached hydrogens (primary N) is 1. The molecule has 4 N–H and O–H groups in total. The lowest BCUT2D eigenvalue weighted by Gasteiger charge is -2.18. The SMILES string of the molecule is CCN(CC)CCNC(=O)c1cccc(NC(=O)C(N)c2ccccc2)c1.Cl.Cl. The molecule has 6 nitrogen and oxygen atoms in total. The molecule has 0 fully saturated rings. The van der Waals surface area contributed by atoms with E-state index in [4.69, 9.17) is 5.73 Å². The van der Waals surface area contributed by atoms with Gasteiger partial charge < -0.3 is 21.3 Å². The quantitative estimate of drug-likeness (QED) is 0.558. The first-order valence-electron chi connectivity index (χ1n) is 9.27. The van der Waals surface area contributed by atoms with E-state index in [9.17, 15) is 9.59 Å². The topological polar surface area (TPSA) is 87.5 Å². The van der Waals surface area contributed by atoms with Crippen molar-refractivity contribution < 1.29 is 9.59 Å². The monoisotopic (exact) mass is 440 g/mol. The molecular formula is C21H30Cl2N4O2. The summed E-state index contributed by atoms with van der Waals surface area (Å²) in [7, 11) is 0. The van der Waals surface area contributed by atoms with Crippen LogP contribution in [-0.4, -0.2) is 42.9 Å². The Morgan fingerprint density at radius 1 is 1.00 bits per heavy atom. The number of amides is 2. The molecule has 29 heavy (non-hydrogen) atoms. The Labute approximate surface area is 185 Å². The fraction of sp³-hybridized carbons (Fsp3) is 0.333. The maximum absolute atomic E-state index is 12.4. The molecule has 160 valence electrons. The number of anilines is 1. The van der Waals surface area contributed by atoms with E-state index in [1.54, 1.807) is 24.3 Å². The number of hydrogen-bond acceptors (Lipinski definition) is 4. The van der Waals surface area contributed by atoms with Crippen LogP contribution in [0, 0.1) is 0 Å². The van der Waals surface area contributed by atoms with Crippen LogP contribution in [-0.2, 0) is 4.79 Å². The summed E-state index contributed by atoms with van der Waals surface area (Å²) in [6.45, 7) is 7.48. The van der Waals surface area contributed by atoms with Crippen molar-refractivity contribution in [1.29, 1.82) is 0 Å². The van der Waals surface area contributed by atoms with Crippen LogP contribution in [0.3, 0.4) is 0 Å². The van der Waals surface area contributed by atoms with Crippen molar-refractivity contribution in [2.75, 3.05) is 31.5 Å². The van der Waals surface area contributed by atoms with Crippen LogP contribution in [0.4, 0.5) is 5.69 Å². The average molecular weight is 441 g/mol. The number of carbonyl (C=O) groups is 2. The summed E-state index contributed by atoms with van der Waals surface area (Å²) >= 11 is 0. The van der Waals surface area contributed by atoms with E-state index in [0.29, 0.717) is 17.8 Å². The lowest BCUT2D eigenvalue weighted by molar-refractivity contribution is -0.117. The third kappa shape index (κ3) is 8.41. The Kier molecular flexibility index (Phi) is 12.9. The predicted molar refractivity (Wildman–Crippen MR) is 123 cm³/mol. The number of nitrogens with one attached hydrogen (secondary N) is 2. The maximum Gasteiger partial charge on any atom is 0.251 e. The maximum atomic E-state index is 12.4. The molecule has 0 aromatic heterocycles. The first-order chi connectivity index (χ1) is 13.0. The average Bonchev–Trinajstić information content (AvgIpc) is 2.71. The number of benzene rings is 2. The molecule has 2 aromatic rings. The van der Waals surface area contributed by atoms with Crippen molar-refractivity contribution in [3.8, 4) is 0 Å². The van der Waals surface area contributed by atoms with E-state index < -0.39 is 6.04 Å². The van der Waals surface area contributed by atoms with E-state index >= 15 is 0 Å². The van der Waals surface area contributed by atoms with Gasteiger partial charge in [-0.2, -0.15) is 0 Å².